The second kappa shape index (κ2) is 22.8. The smallest absolute Gasteiger partial charge is 0.493 e. The van der Waals surface area contributed by atoms with Crippen molar-refractivity contribution in [3.63, 3.8) is 0 Å². The number of imidazole rings is 2. The predicted octanol–water partition coefficient (Wildman–Crippen LogP) is -0.443. The Labute approximate surface area is 342 Å². The van der Waals surface area contributed by atoms with Crippen LogP contribution in [0.5, 0.6) is 34.5 Å². The fourth-order valence-electron chi connectivity index (χ4n) is 4.68. The van der Waals surface area contributed by atoms with E-state index in [1.54, 1.807) is 12.1 Å². The molecule has 0 amide bonds. The van der Waals surface area contributed by atoms with Gasteiger partial charge in [0.1, 0.15) is 11.5 Å². The van der Waals surface area contributed by atoms with Gasteiger partial charge in [0.05, 0.1) is 72.9 Å². The molecule has 0 aliphatic carbocycles. The minimum atomic E-state index is -2.93. The Morgan fingerprint density at radius 1 is 0.607 bits per heavy atom. The molecule has 2 aromatic carbocycles. The third-order valence-corrected chi connectivity index (χ3v) is 9.13. The van der Waals surface area contributed by atoms with Gasteiger partial charge in [-0.15, -0.1) is 0 Å². The van der Waals surface area contributed by atoms with E-state index in [1.165, 1.54) is 77.2 Å². The molecule has 0 radical (unpaired) electrons. The maximum Gasteiger partial charge on any atom is 1.00 e. The molecule has 0 spiro atoms. The van der Waals surface area contributed by atoms with Crippen molar-refractivity contribution in [2.24, 2.45) is 0 Å². The fourth-order valence-corrected chi connectivity index (χ4v) is 6.64. The van der Waals surface area contributed by atoms with Gasteiger partial charge in [0.15, 0.2) is 23.0 Å². The number of methoxy groups -OCH3 is 4. The Morgan fingerprint density at radius 2 is 0.982 bits per heavy atom. The molecule has 0 fully saturated rings. The van der Waals surface area contributed by atoms with Crippen molar-refractivity contribution in [2.45, 2.75) is 35.0 Å². The van der Waals surface area contributed by atoms with E-state index in [0.29, 0.717) is 56.5 Å². The number of ether oxygens (including phenoxy) is 6. The van der Waals surface area contributed by atoms with Gasteiger partial charge in [-0.1, -0.05) is 12.1 Å². The predicted molar refractivity (Wildman–Crippen MR) is 189 cm³/mol. The number of alkyl halides is 4. The van der Waals surface area contributed by atoms with Crippen molar-refractivity contribution < 1.29 is 100 Å². The van der Waals surface area contributed by atoms with Crippen LogP contribution in [0.15, 0.2) is 71.2 Å². The summed E-state index contributed by atoms with van der Waals surface area (Å²) in [5.41, 5.74) is 2.36. The van der Waals surface area contributed by atoms with E-state index in [0.717, 1.165) is 0 Å². The standard InChI is InChI=1S/2C16H14F2N3O4S.Na.3H2O/c2*1-23-13-5-6-19-12(14(13)24-2)8-26(22)16-20-10-4-3-9(25-15(17)18)7-11(10)21-16;;;;/h2*3-7,15H,8H2,1-2H3;;3*1H2/q2*-1;+1;;;. The topological polar surface area (TPSA) is 264 Å². The largest absolute Gasteiger partial charge is 1.00 e. The van der Waals surface area contributed by atoms with Crippen LogP contribution in [0.25, 0.3) is 22.1 Å². The first-order valence-corrected chi connectivity index (χ1v) is 17.3. The van der Waals surface area contributed by atoms with E-state index in [1.807, 2.05) is 0 Å². The van der Waals surface area contributed by atoms with Crippen LogP contribution in [-0.2, 0) is 33.1 Å². The Bertz CT molecular complexity index is 2070. The summed E-state index contributed by atoms with van der Waals surface area (Å²) in [6.45, 7) is -5.87. The van der Waals surface area contributed by atoms with Crippen molar-refractivity contribution in [2.75, 3.05) is 28.4 Å². The van der Waals surface area contributed by atoms with Gasteiger partial charge in [0.25, 0.3) is 0 Å². The average molecular weight is 842 g/mol. The van der Waals surface area contributed by atoms with Crippen molar-refractivity contribution in [1.82, 2.24) is 29.9 Å². The summed E-state index contributed by atoms with van der Waals surface area (Å²) >= 11 is 0. The summed E-state index contributed by atoms with van der Waals surface area (Å²) < 4.78 is 104. The molecule has 6 N–H and O–H groups in total. The number of hydrogen-bond acceptors (Lipinski definition) is 12. The molecule has 17 nitrogen and oxygen atoms in total. The second-order valence-electron chi connectivity index (χ2n) is 10.0. The van der Waals surface area contributed by atoms with E-state index >= 15 is 0 Å². The maximum absolute atomic E-state index is 12.6. The molecular formula is C32H34F4N6NaO11S2-. The van der Waals surface area contributed by atoms with Gasteiger partial charge in [-0.2, -0.15) is 17.6 Å². The molecule has 300 valence electrons. The van der Waals surface area contributed by atoms with Crippen LogP contribution in [0.4, 0.5) is 17.6 Å². The number of fused-ring (bicyclic) bond motifs is 2. The van der Waals surface area contributed by atoms with E-state index in [2.05, 4.69) is 39.4 Å². The van der Waals surface area contributed by atoms with Gasteiger partial charge in [-0.25, -0.2) is 0 Å². The van der Waals surface area contributed by atoms with Gasteiger partial charge in [0, 0.05) is 34.8 Å². The third-order valence-electron chi connectivity index (χ3n) is 6.88. The number of halogens is 4. The number of nitrogens with zero attached hydrogens (tertiary/aromatic N) is 6. The normalized spacial score (nSPS) is 11.5. The van der Waals surface area contributed by atoms with E-state index in [4.69, 9.17) is 18.9 Å². The van der Waals surface area contributed by atoms with Crippen LogP contribution in [-0.4, -0.2) is 86.4 Å². The van der Waals surface area contributed by atoms with Gasteiger partial charge >= 0.3 is 42.8 Å². The van der Waals surface area contributed by atoms with Crippen LogP contribution in [0.1, 0.15) is 11.4 Å². The zero-order valence-electron chi connectivity index (χ0n) is 30.1. The number of hydrogen-bond donors (Lipinski definition) is 0. The van der Waals surface area contributed by atoms with Crippen molar-refractivity contribution in [1.29, 1.82) is 0 Å². The summed E-state index contributed by atoms with van der Waals surface area (Å²) in [6.07, 6.45) is 3.04. The summed E-state index contributed by atoms with van der Waals surface area (Å²) in [5.74, 6) is 1.64. The van der Waals surface area contributed by atoms with Crippen LogP contribution < -0.4 is 67.9 Å². The van der Waals surface area contributed by atoms with Gasteiger partial charge in [0.2, 0.25) is 0 Å². The summed E-state index contributed by atoms with van der Waals surface area (Å²) in [6, 6.07) is 11.5. The van der Waals surface area contributed by atoms with Gasteiger partial charge in [-0.05, 0) is 46.3 Å². The third kappa shape index (κ3) is 12.2. The molecule has 0 aliphatic heterocycles. The molecule has 0 aliphatic rings. The van der Waals surface area contributed by atoms with Crippen molar-refractivity contribution in [3.05, 3.63) is 72.3 Å². The quantitative estimate of drug-likeness (QED) is 0.0995. The first-order valence-electron chi connectivity index (χ1n) is 14.7. The maximum atomic E-state index is 12.6. The molecule has 6 rings (SSSR count). The number of aromatic nitrogens is 6. The molecule has 24 heteroatoms. The zero-order chi connectivity index (χ0) is 37.4. The SMILES string of the molecule is COc1ccnc(CS(=O)c2nc3cc(OC(F)F)ccc3[n-]2)c1OC.COc1ccnc(CS(=O)c2nc3cc(OC(F)F)ccc3[n-]2)c1OC.O.O.O.[Na+]. The van der Waals surface area contributed by atoms with Gasteiger partial charge < -0.3 is 64.8 Å². The van der Waals surface area contributed by atoms with Crippen LogP contribution in [0, 0.1) is 0 Å². The van der Waals surface area contributed by atoms with Crippen LogP contribution in [0.2, 0.25) is 0 Å². The first kappa shape index (κ1) is 49.4. The molecule has 0 saturated heterocycles. The summed E-state index contributed by atoms with van der Waals surface area (Å²) in [5, 5.41) is 0.140. The molecular weight excluding hydrogens is 807 g/mol. The van der Waals surface area contributed by atoms with E-state index in [-0.39, 0.29) is 79.3 Å². The summed E-state index contributed by atoms with van der Waals surface area (Å²) in [4.78, 5) is 25.0. The molecule has 0 bridgehead atoms. The summed E-state index contributed by atoms with van der Waals surface area (Å²) in [7, 11) is 2.67. The molecule has 4 aromatic heterocycles. The number of pyridine rings is 2. The zero-order valence-corrected chi connectivity index (χ0v) is 33.8. The Kier molecular flexibility index (Phi) is 20.1. The minimum Gasteiger partial charge on any atom is -0.493 e. The molecule has 2 unspecified atom stereocenters. The minimum absolute atomic E-state index is 0. The van der Waals surface area contributed by atoms with Crippen molar-refractivity contribution in [3.8, 4) is 34.5 Å². The molecule has 2 atom stereocenters. The molecule has 0 saturated carbocycles. The second-order valence-corrected chi connectivity index (χ2v) is 12.7. The Hall–Kier alpha value is -4.62. The Balaban J connectivity index is 0.000000523. The number of rotatable bonds is 14. The van der Waals surface area contributed by atoms with Crippen LogP contribution in [0.3, 0.4) is 0 Å². The average Bonchev–Trinajstić information content (AvgIpc) is 3.75. The molecule has 4 heterocycles. The van der Waals surface area contributed by atoms with E-state index < -0.39 is 34.8 Å². The first-order chi connectivity index (χ1) is 25.0. The molecule has 6 aromatic rings. The molecule has 56 heavy (non-hydrogen) atoms. The number of benzene rings is 2. The van der Waals surface area contributed by atoms with Crippen molar-refractivity contribution >= 4 is 43.7 Å². The van der Waals surface area contributed by atoms with E-state index in [9.17, 15) is 26.0 Å². The fraction of sp³-hybridized carbons (Fsp3) is 0.250. The van der Waals surface area contributed by atoms with Gasteiger partial charge in [-0.3, -0.25) is 18.4 Å². The van der Waals surface area contributed by atoms with Crippen LogP contribution >= 0.6 is 0 Å². The Morgan fingerprint density at radius 3 is 1.30 bits per heavy atom. The monoisotopic (exact) mass is 841 g/mol.